The van der Waals surface area contributed by atoms with Gasteiger partial charge in [0.05, 0.1) is 5.02 Å². The standard InChI is InChI=1S/C13H19ClFN3O2S/c14-12-7-10(4-5-13(12)15)9-17-21(19,20)18-6-2-1-3-11(18)8-16/h4-5,7,11,17H,1-3,6,8-9,16H2. The molecule has 1 fully saturated rings. The van der Waals surface area contributed by atoms with E-state index in [2.05, 4.69) is 4.72 Å². The highest BCUT2D eigenvalue weighted by Gasteiger charge is 2.31. The molecule has 1 aliphatic rings. The van der Waals surface area contributed by atoms with Crippen molar-refractivity contribution in [2.24, 2.45) is 5.73 Å². The van der Waals surface area contributed by atoms with Crippen LogP contribution in [0.1, 0.15) is 24.8 Å². The summed E-state index contributed by atoms with van der Waals surface area (Å²) in [5.74, 6) is -0.525. The maximum absolute atomic E-state index is 13.1. The number of hydrogen-bond acceptors (Lipinski definition) is 3. The molecule has 5 nitrogen and oxygen atoms in total. The van der Waals surface area contributed by atoms with Crippen LogP contribution in [0.2, 0.25) is 5.02 Å². The monoisotopic (exact) mass is 335 g/mol. The van der Waals surface area contributed by atoms with E-state index in [1.165, 1.54) is 22.5 Å². The normalized spacial score (nSPS) is 20.6. The van der Waals surface area contributed by atoms with Crippen molar-refractivity contribution < 1.29 is 12.8 Å². The van der Waals surface area contributed by atoms with E-state index < -0.39 is 16.0 Å². The number of nitrogens with zero attached hydrogens (tertiary/aromatic N) is 1. The molecule has 8 heteroatoms. The Morgan fingerprint density at radius 1 is 1.43 bits per heavy atom. The summed E-state index contributed by atoms with van der Waals surface area (Å²) in [6.45, 7) is 0.848. The van der Waals surface area contributed by atoms with Gasteiger partial charge in [0, 0.05) is 25.7 Å². The fourth-order valence-corrected chi connectivity index (χ4v) is 4.10. The highest BCUT2D eigenvalue weighted by Crippen LogP contribution is 2.20. The lowest BCUT2D eigenvalue weighted by Gasteiger charge is -2.33. The Morgan fingerprint density at radius 3 is 2.86 bits per heavy atom. The van der Waals surface area contributed by atoms with E-state index in [1.54, 1.807) is 0 Å². The van der Waals surface area contributed by atoms with Gasteiger partial charge in [-0.05, 0) is 30.5 Å². The zero-order valence-corrected chi connectivity index (χ0v) is 13.1. The first kappa shape index (κ1) is 16.6. The Morgan fingerprint density at radius 2 is 2.19 bits per heavy atom. The molecule has 118 valence electrons. The molecule has 21 heavy (non-hydrogen) atoms. The summed E-state index contributed by atoms with van der Waals surface area (Å²) < 4.78 is 41.7. The number of piperidine rings is 1. The summed E-state index contributed by atoms with van der Waals surface area (Å²) in [5.41, 5.74) is 6.24. The van der Waals surface area contributed by atoms with E-state index in [9.17, 15) is 12.8 Å². The van der Waals surface area contributed by atoms with Gasteiger partial charge in [0.25, 0.3) is 10.2 Å². The molecule has 1 aromatic rings. The molecular weight excluding hydrogens is 317 g/mol. The minimum absolute atomic E-state index is 0.0236. The van der Waals surface area contributed by atoms with Gasteiger partial charge < -0.3 is 5.73 Å². The number of nitrogens with two attached hydrogens (primary N) is 1. The molecule has 1 atom stereocenters. The largest absolute Gasteiger partial charge is 0.329 e. The van der Waals surface area contributed by atoms with Crippen LogP contribution in [0.3, 0.4) is 0 Å². The molecule has 1 heterocycles. The molecule has 2 rings (SSSR count). The van der Waals surface area contributed by atoms with Gasteiger partial charge in [-0.15, -0.1) is 0 Å². The lowest BCUT2D eigenvalue weighted by molar-refractivity contribution is 0.254. The van der Waals surface area contributed by atoms with Crippen molar-refractivity contribution >= 4 is 21.8 Å². The lowest BCUT2D eigenvalue weighted by atomic mass is 10.1. The van der Waals surface area contributed by atoms with E-state index >= 15 is 0 Å². The first-order valence-electron chi connectivity index (χ1n) is 6.84. The molecule has 0 spiro atoms. The Labute approximate surface area is 129 Å². The Hall–Kier alpha value is -0.730. The number of benzene rings is 1. The molecule has 0 saturated carbocycles. The Balaban J connectivity index is 2.04. The quantitative estimate of drug-likeness (QED) is 0.858. The molecule has 1 saturated heterocycles. The van der Waals surface area contributed by atoms with Gasteiger partial charge >= 0.3 is 0 Å². The summed E-state index contributed by atoms with van der Waals surface area (Å²) in [7, 11) is -3.60. The van der Waals surface area contributed by atoms with E-state index in [4.69, 9.17) is 17.3 Å². The zero-order chi connectivity index (χ0) is 15.5. The number of halogens is 2. The minimum Gasteiger partial charge on any atom is -0.329 e. The topological polar surface area (TPSA) is 75.4 Å². The Bertz CT molecular complexity index is 597. The second-order valence-corrected chi connectivity index (χ2v) is 7.19. The molecule has 1 unspecified atom stereocenters. The van der Waals surface area contributed by atoms with E-state index in [1.807, 2.05) is 0 Å². The maximum atomic E-state index is 13.1. The van der Waals surface area contributed by atoms with Crippen molar-refractivity contribution in [2.45, 2.75) is 31.8 Å². The van der Waals surface area contributed by atoms with Gasteiger partial charge in [-0.2, -0.15) is 17.4 Å². The number of hydrogen-bond donors (Lipinski definition) is 2. The van der Waals surface area contributed by atoms with Crippen LogP contribution >= 0.6 is 11.6 Å². The molecule has 3 N–H and O–H groups in total. The first-order chi connectivity index (χ1) is 9.94. The summed E-state index contributed by atoms with van der Waals surface area (Å²) in [6.07, 6.45) is 2.60. The Kier molecular flexibility index (Phi) is 5.56. The van der Waals surface area contributed by atoms with Crippen LogP contribution in [0.5, 0.6) is 0 Å². The SMILES string of the molecule is NCC1CCCCN1S(=O)(=O)NCc1ccc(F)c(Cl)c1. The molecule has 1 aromatic carbocycles. The van der Waals surface area contributed by atoms with Crippen LogP contribution < -0.4 is 10.5 Å². The van der Waals surface area contributed by atoms with E-state index in [0.29, 0.717) is 18.7 Å². The fourth-order valence-electron chi connectivity index (χ4n) is 2.43. The first-order valence-corrected chi connectivity index (χ1v) is 8.66. The maximum Gasteiger partial charge on any atom is 0.280 e. The van der Waals surface area contributed by atoms with Gasteiger partial charge in [0.15, 0.2) is 0 Å². The molecular formula is C13H19ClFN3O2S. The fraction of sp³-hybridized carbons (Fsp3) is 0.538. The third kappa shape index (κ3) is 4.14. The van der Waals surface area contributed by atoms with E-state index in [-0.39, 0.29) is 17.6 Å². The van der Waals surface area contributed by atoms with Crippen molar-refractivity contribution in [3.05, 3.63) is 34.6 Å². The zero-order valence-electron chi connectivity index (χ0n) is 11.6. The van der Waals surface area contributed by atoms with Gasteiger partial charge in [-0.25, -0.2) is 4.39 Å². The van der Waals surface area contributed by atoms with Crippen molar-refractivity contribution in [3.8, 4) is 0 Å². The molecule has 1 aliphatic heterocycles. The third-order valence-corrected chi connectivity index (χ3v) is 5.49. The predicted molar refractivity (Wildman–Crippen MR) is 80.6 cm³/mol. The average molecular weight is 336 g/mol. The highest BCUT2D eigenvalue weighted by molar-refractivity contribution is 7.87. The van der Waals surface area contributed by atoms with Gasteiger partial charge in [-0.3, -0.25) is 0 Å². The molecule has 0 aliphatic carbocycles. The molecule has 0 radical (unpaired) electrons. The van der Waals surface area contributed by atoms with Gasteiger partial charge in [-0.1, -0.05) is 24.1 Å². The van der Waals surface area contributed by atoms with Gasteiger partial charge in [0.2, 0.25) is 0 Å². The second-order valence-electron chi connectivity index (χ2n) is 5.07. The van der Waals surface area contributed by atoms with Crippen LogP contribution in [-0.4, -0.2) is 31.9 Å². The van der Waals surface area contributed by atoms with Crippen molar-refractivity contribution in [1.29, 1.82) is 0 Å². The van der Waals surface area contributed by atoms with E-state index in [0.717, 1.165) is 19.3 Å². The molecule has 0 bridgehead atoms. The number of nitrogens with one attached hydrogen (secondary N) is 1. The van der Waals surface area contributed by atoms with Gasteiger partial charge in [0.1, 0.15) is 5.82 Å². The molecule has 0 aromatic heterocycles. The third-order valence-electron chi connectivity index (χ3n) is 3.60. The predicted octanol–water partition coefficient (Wildman–Crippen LogP) is 1.63. The highest BCUT2D eigenvalue weighted by atomic mass is 35.5. The van der Waals surface area contributed by atoms with Crippen LogP contribution in [0.15, 0.2) is 18.2 Å². The second kappa shape index (κ2) is 7.02. The summed E-state index contributed by atoms with van der Waals surface area (Å²) in [6, 6.07) is 3.97. The van der Waals surface area contributed by atoms with Crippen molar-refractivity contribution in [1.82, 2.24) is 9.03 Å². The minimum atomic E-state index is -3.60. The van der Waals surface area contributed by atoms with Crippen LogP contribution in [0, 0.1) is 5.82 Å². The van der Waals surface area contributed by atoms with Crippen LogP contribution in [-0.2, 0) is 16.8 Å². The van der Waals surface area contributed by atoms with Crippen molar-refractivity contribution in [2.75, 3.05) is 13.1 Å². The average Bonchev–Trinajstić information content (AvgIpc) is 2.48. The summed E-state index contributed by atoms with van der Waals surface area (Å²) >= 11 is 5.68. The smallest absolute Gasteiger partial charge is 0.280 e. The summed E-state index contributed by atoms with van der Waals surface area (Å²) in [4.78, 5) is 0. The molecule has 0 amide bonds. The number of rotatable bonds is 5. The lowest BCUT2D eigenvalue weighted by Crippen LogP contribution is -2.51. The van der Waals surface area contributed by atoms with Crippen LogP contribution in [0.4, 0.5) is 4.39 Å². The summed E-state index contributed by atoms with van der Waals surface area (Å²) in [5, 5.41) is -0.0236. The van der Waals surface area contributed by atoms with Crippen molar-refractivity contribution in [3.63, 3.8) is 0 Å². The van der Waals surface area contributed by atoms with Crippen LogP contribution in [0.25, 0.3) is 0 Å².